The zero-order valence-electron chi connectivity index (χ0n) is 15.0. The molecule has 0 N–H and O–H groups in total. The first-order valence-electron chi connectivity index (χ1n) is 9.37. The van der Waals surface area contributed by atoms with Crippen molar-refractivity contribution in [1.82, 2.24) is 19.6 Å². The highest BCUT2D eigenvalue weighted by Crippen LogP contribution is 2.34. The standard InChI is InChI=1S/C18H23F2N5O2/c19-18(20)17-15(11-24(22-17)14-3-1-13(12-26)2-4-14)25-16(5-6-21-25)23-7-9-27-10-8-23/h5-6,11-14,18H,1-4,7-10H2. The first-order chi connectivity index (χ1) is 13.2. The van der Waals surface area contributed by atoms with Gasteiger partial charge < -0.3 is 14.4 Å². The lowest BCUT2D eigenvalue weighted by atomic mass is 9.87. The third kappa shape index (κ3) is 3.60. The van der Waals surface area contributed by atoms with E-state index in [2.05, 4.69) is 15.1 Å². The molecule has 146 valence electrons. The summed E-state index contributed by atoms with van der Waals surface area (Å²) >= 11 is 0. The lowest BCUT2D eigenvalue weighted by Gasteiger charge is -2.28. The van der Waals surface area contributed by atoms with Gasteiger partial charge in [0, 0.05) is 25.1 Å². The summed E-state index contributed by atoms with van der Waals surface area (Å²) < 4.78 is 36.0. The van der Waals surface area contributed by atoms with Crippen LogP contribution in [0.2, 0.25) is 0 Å². The Balaban J connectivity index is 1.64. The van der Waals surface area contributed by atoms with Crippen LogP contribution in [-0.2, 0) is 9.53 Å². The molecule has 0 bridgehead atoms. The van der Waals surface area contributed by atoms with Crippen molar-refractivity contribution in [3.05, 3.63) is 24.2 Å². The number of aldehydes is 1. The number of ether oxygens (including phenoxy) is 1. The second-order valence-electron chi connectivity index (χ2n) is 7.09. The average Bonchev–Trinajstić information content (AvgIpc) is 3.36. The number of carbonyl (C=O) groups excluding carboxylic acids is 1. The largest absolute Gasteiger partial charge is 0.378 e. The fraction of sp³-hybridized carbons (Fsp3) is 0.611. The number of alkyl halides is 2. The lowest BCUT2D eigenvalue weighted by molar-refractivity contribution is -0.112. The van der Waals surface area contributed by atoms with Gasteiger partial charge in [0.2, 0.25) is 0 Å². The van der Waals surface area contributed by atoms with Crippen LogP contribution in [0.25, 0.3) is 5.69 Å². The van der Waals surface area contributed by atoms with Gasteiger partial charge in [0.15, 0.2) is 5.69 Å². The van der Waals surface area contributed by atoms with Crippen LogP contribution < -0.4 is 4.90 Å². The summed E-state index contributed by atoms with van der Waals surface area (Å²) in [7, 11) is 0. The summed E-state index contributed by atoms with van der Waals surface area (Å²) in [5.41, 5.74) is 0.0553. The molecule has 0 amide bonds. The minimum absolute atomic E-state index is 0.0369. The summed E-state index contributed by atoms with van der Waals surface area (Å²) in [4.78, 5) is 13.0. The van der Waals surface area contributed by atoms with E-state index < -0.39 is 6.43 Å². The molecule has 0 aromatic carbocycles. The summed E-state index contributed by atoms with van der Waals surface area (Å²) in [6.07, 6.45) is 4.67. The quantitative estimate of drug-likeness (QED) is 0.748. The molecule has 9 heteroatoms. The highest BCUT2D eigenvalue weighted by Gasteiger charge is 2.28. The van der Waals surface area contributed by atoms with Gasteiger partial charge in [-0.3, -0.25) is 4.68 Å². The van der Waals surface area contributed by atoms with Crippen LogP contribution in [0.5, 0.6) is 0 Å². The normalized spacial score (nSPS) is 23.7. The van der Waals surface area contributed by atoms with Crippen molar-refractivity contribution in [3.63, 3.8) is 0 Å². The zero-order chi connectivity index (χ0) is 18.8. The van der Waals surface area contributed by atoms with Crippen molar-refractivity contribution < 1.29 is 18.3 Å². The molecule has 2 aliphatic rings. The third-order valence-corrected chi connectivity index (χ3v) is 5.44. The molecule has 0 atom stereocenters. The molecule has 0 radical (unpaired) electrons. The van der Waals surface area contributed by atoms with Crippen LogP contribution in [0.1, 0.15) is 43.8 Å². The van der Waals surface area contributed by atoms with Crippen molar-refractivity contribution in [2.75, 3.05) is 31.2 Å². The molecule has 2 aromatic rings. The Morgan fingerprint density at radius 2 is 1.93 bits per heavy atom. The van der Waals surface area contributed by atoms with Gasteiger partial charge in [-0.25, -0.2) is 13.5 Å². The van der Waals surface area contributed by atoms with Crippen LogP contribution in [-0.4, -0.2) is 52.2 Å². The summed E-state index contributed by atoms with van der Waals surface area (Å²) in [5.74, 6) is 0.842. The number of hydrogen-bond acceptors (Lipinski definition) is 5. The van der Waals surface area contributed by atoms with Crippen LogP contribution in [0, 0.1) is 5.92 Å². The highest BCUT2D eigenvalue weighted by atomic mass is 19.3. The summed E-state index contributed by atoms with van der Waals surface area (Å²) in [6.45, 7) is 2.59. The number of rotatable bonds is 5. The average molecular weight is 379 g/mol. The van der Waals surface area contributed by atoms with Gasteiger partial charge >= 0.3 is 0 Å². The molecule has 1 aliphatic heterocycles. The van der Waals surface area contributed by atoms with E-state index in [4.69, 9.17) is 4.74 Å². The molecular weight excluding hydrogens is 356 g/mol. The Morgan fingerprint density at radius 1 is 1.19 bits per heavy atom. The van der Waals surface area contributed by atoms with E-state index in [1.807, 2.05) is 6.07 Å². The van der Waals surface area contributed by atoms with Gasteiger partial charge in [0.25, 0.3) is 6.43 Å². The number of nitrogens with zero attached hydrogens (tertiary/aromatic N) is 5. The van der Waals surface area contributed by atoms with E-state index in [0.29, 0.717) is 32.0 Å². The maximum absolute atomic E-state index is 13.7. The van der Waals surface area contributed by atoms with E-state index in [-0.39, 0.29) is 17.7 Å². The third-order valence-electron chi connectivity index (χ3n) is 5.44. The molecule has 2 fully saturated rings. The summed E-state index contributed by atoms with van der Waals surface area (Å²) in [5, 5.41) is 8.49. The van der Waals surface area contributed by atoms with Crippen molar-refractivity contribution in [1.29, 1.82) is 0 Å². The van der Waals surface area contributed by atoms with Gasteiger partial charge in [0.1, 0.15) is 17.8 Å². The van der Waals surface area contributed by atoms with Gasteiger partial charge in [-0.1, -0.05) is 0 Å². The van der Waals surface area contributed by atoms with Gasteiger partial charge in [0.05, 0.1) is 31.6 Å². The molecule has 3 heterocycles. The number of aromatic nitrogens is 4. The zero-order valence-corrected chi connectivity index (χ0v) is 15.0. The van der Waals surface area contributed by atoms with E-state index in [1.54, 1.807) is 21.8 Å². The van der Waals surface area contributed by atoms with Crippen LogP contribution in [0.4, 0.5) is 14.6 Å². The number of carbonyl (C=O) groups is 1. The topological polar surface area (TPSA) is 65.2 Å². The molecule has 2 aromatic heterocycles. The smallest absolute Gasteiger partial charge is 0.284 e. The number of anilines is 1. The molecular formula is C18H23F2N5O2. The number of morpholine rings is 1. The molecule has 0 spiro atoms. The van der Waals surface area contributed by atoms with Crippen LogP contribution in [0.3, 0.4) is 0 Å². The molecule has 1 saturated heterocycles. The SMILES string of the molecule is O=CC1CCC(n2cc(-n3nccc3N3CCOCC3)c(C(F)F)n2)CC1. The van der Waals surface area contributed by atoms with Crippen molar-refractivity contribution >= 4 is 12.1 Å². The van der Waals surface area contributed by atoms with Crippen molar-refractivity contribution in [2.24, 2.45) is 5.92 Å². The van der Waals surface area contributed by atoms with Crippen molar-refractivity contribution in [3.8, 4) is 5.69 Å². The van der Waals surface area contributed by atoms with E-state index >= 15 is 0 Å². The predicted octanol–water partition coefficient (Wildman–Crippen LogP) is 2.77. The molecule has 1 aliphatic carbocycles. The molecule has 1 saturated carbocycles. The summed E-state index contributed by atoms with van der Waals surface area (Å²) in [6, 6.07) is 1.86. The van der Waals surface area contributed by atoms with Gasteiger partial charge in [-0.15, -0.1) is 0 Å². The first-order valence-corrected chi connectivity index (χ1v) is 9.37. The monoisotopic (exact) mass is 379 g/mol. The Bertz CT molecular complexity index is 777. The molecule has 0 unspecified atom stereocenters. The maximum Gasteiger partial charge on any atom is 0.284 e. The van der Waals surface area contributed by atoms with E-state index in [9.17, 15) is 13.6 Å². The fourth-order valence-electron chi connectivity index (χ4n) is 3.92. The van der Waals surface area contributed by atoms with Gasteiger partial charge in [-0.2, -0.15) is 10.2 Å². The van der Waals surface area contributed by atoms with Crippen LogP contribution in [0.15, 0.2) is 18.5 Å². The Hall–Kier alpha value is -2.29. The number of hydrogen-bond donors (Lipinski definition) is 0. The highest BCUT2D eigenvalue weighted by molar-refractivity contribution is 5.53. The minimum Gasteiger partial charge on any atom is -0.378 e. The molecule has 7 nitrogen and oxygen atoms in total. The maximum atomic E-state index is 13.7. The second-order valence-corrected chi connectivity index (χ2v) is 7.09. The predicted molar refractivity (Wildman–Crippen MR) is 94.4 cm³/mol. The molecule has 4 rings (SSSR count). The second kappa shape index (κ2) is 7.75. The Labute approximate surface area is 155 Å². The van der Waals surface area contributed by atoms with Crippen LogP contribution >= 0.6 is 0 Å². The van der Waals surface area contributed by atoms with Gasteiger partial charge in [-0.05, 0) is 25.7 Å². The number of halogens is 2. The molecule has 27 heavy (non-hydrogen) atoms. The Kier molecular flexibility index (Phi) is 5.20. The Morgan fingerprint density at radius 3 is 2.59 bits per heavy atom. The van der Waals surface area contributed by atoms with Crippen molar-refractivity contribution in [2.45, 2.75) is 38.2 Å². The van der Waals surface area contributed by atoms with E-state index in [1.165, 1.54) is 0 Å². The first kappa shape index (κ1) is 18.1. The lowest BCUT2D eigenvalue weighted by Crippen LogP contribution is -2.37. The fourth-order valence-corrected chi connectivity index (χ4v) is 3.92. The van der Waals surface area contributed by atoms with E-state index in [0.717, 1.165) is 37.8 Å². The minimum atomic E-state index is -2.69.